The van der Waals surface area contributed by atoms with Crippen LogP contribution in [0.1, 0.15) is 18.2 Å². The highest BCUT2D eigenvalue weighted by Gasteiger charge is 2.15. The van der Waals surface area contributed by atoms with E-state index in [-0.39, 0.29) is 11.2 Å². The van der Waals surface area contributed by atoms with Gasteiger partial charge in [0.2, 0.25) is 5.91 Å². The monoisotopic (exact) mass is 286 g/mol. The fourth-order valence-corrected chi connectivity index (χ4v) is 2.39. The molecule has 1 aromatic carbocycles. The van der Waals surface area contributed by atoms with E-state index in [4.69, 9.17) is 9.68 Å². The summed E-state index contributed by atoms with van der Waals surface area (Å²) in [5.41, 5.74) is 1.01. The minimum absolute atomic E-state index is 0.121. The first-order chi connectivity index (χ1) is 9.70. The number of benzene rings is 1. The number of furan rings is 1. The maximum Gasteiger partial charge on any atom is 0.237 e. The summed E-state index contributed by atoms with van der Waals surface area (Å²) in [5, 5.41) is 11.5. The third-order valence-corrected chi connectivity index (χ3v) is 3.90. The van der Waals surface area contributed by atoms with Gasteiger partial charge in [-0.05, 0) is 31.2 Å². The molecule has 0 aliphatic heterocycles. The molecule has 5 heteroatoms. The molecule has 2 rings (SSSR count). The molecule has 0 aliphatic carbocycles. The second kappa shape index (κ2) is 6.83. The predicted octanol–water partition coefficient (Wildman–Crippen LogP) is 3.41. The highest BCUT2D eigenvalue weighted by molar-refractivity contribution is 7.99. The number of para-hydroxylation sites is 1. The number of hydrogen-bond acceptors (Lipinski definition) is 4. The molecule has 1 aromatic heterocycles. The average Bonchev–Trinajstić information content (AvgIpc) is 2.98. The smallest absolute Gasteiger partial charge is 0.237 e. The lowest BCUT2D eigenvalue weighted by atomic mass is 10.2. The fourth-order valence-electron chi connectivity index (χ4n) is 1.60. The molecule has 1 atom stereocenters. The zero-order valence-electron chi connectivity index (χ0n) is 11.0. The molecule has 1 heterocycles. The molecule has 20 heavy (non-hydrogen) atoms. The number of nitrogens with one attached hydrogen (secondary N) is 1. The van der Waals surface area contributed by atoms with E-state index in [1.54, 1.807) is 30.5 Å². The minimum atomic E-state index is -0.230. The topological polar surface area (TPSA) is 66.0 Å². The third kappa shape index (κ3) is 3.65. The number of nitrogens with zero attached hydrogens (tertiary/aromatic N) is 1. The van der Waals surface area contributed by atoms with Gasteiger partial charge in [0, 0.05) is 0 Å². The normalized spacial score (nSPS) is 11.6. The Kier molecular flexibility index (Phi) is 4.85. The molecular weight excluding hydrogens is 272 g/mol. The minimum Gasteiger partial charge on any atom is -0.468 e. The van der Waals surface area contributed by atoms with E-state index >= 15 is 0 Å². The van der Waals surface area contributed by atoms with Gasteiger partial charge in [-0.1, -0.05) is 12.1 Å². The Balaban J connectivity index is 1.92. The molecule has 4 nitrogen and oxygen atoms in total. The number of hydrogen-bond donors (Lipinski definition) is 1. The van der Waals surface area contributed by atoms with Crippen molar-refractivity contribution in [3.05, 3.63) is 54.0 Å². The van der Waals surface area contributed by atoms with Crippen LogP contribution in [0.5, 0.6) is 0 Å². The molecule has 0 bridgehead atoms. The largest absolute Gasteiger partial charge is 0.468 e. The van der Waals surface area contributed by atoms with Crippen molar-refractivity contribution in [2.45, 2.75) is 17.9 Å². The van der Waals surface area contributed by atoms with Gasteiger partial charge in [0.05, 0.1) is 28.5 Å². The van der Waals surface area contributed by atoms with Gasteiger partial charge in [-0.25, -0.2) is 0 Å². The fraction of sp³-hybridized carbons (Fsp3) is 0.200. The lowest BCUT2D eigenvalue weighted by Gasteiger charge is -2.12. The van der Waals surface area contributed by atoms with Crippen LogP contribution < -0.4 is 5.32 Å². The maximum absolute atomic E-state index is 12.1. The highest BCUT2D eigenvalue weighted by Crippen LogP contribution is 2.20. The Morgan fingerprint density at radius 3 is 2.90 bits per heavy atom. The lowest BCUT2D eigenvalue weighted by molar-refractivity contribution is -0.115. The van der Waals surface area contributed by atoms with E-state index in [0.717, 1.165) is 5.76 Å². The maximum atomic E-state index is 12.1. The summed E-state index contributed by atoms with van der Waals surface area (Å²) in [6.45, 7) is 1.83. The van der Waals surface area contributed by atoms with Crippen molar-refractivity contribution in [2.75, 3.05) is 5.32 Å². The van der Waals surface area contributed by atoms with Crippen molar-refractivity contribution in [2.24, 2.45) is 0 Å². The van der Waals surface area contributed by atoms with Crippen LogP contribution in [0.25, 0.3) is 0 Å². The van der Waals surface area contributed by atoms with Gasteiger partial charge in [-0.3, -0.25) is 4.79 Å². The predicted molar refractivity (Wildman–Crippen MR) is 79.3 cm³/mol. The zero-order valence-corrected chi connectivity index (χ0v) is 11.8. The van der Waals surface area contributed by atoms with Crippen molar-refractivity contribution in [1.29, 1.82) is 5.26 Å². The van der Waals surface area contributed by atoms with Crippen LogP contribution in [0.4, 0.5) is 5.69 Å². The number of anilines is 1. The summed E-state index contributed by atoms with van der Waals surface area (Å²) >= 11 is 1.49. The van der Waals surface area contributed by atoms with E-state index in [9.17, 15) is 4.79 Å². The molecule has 0 aliphatic rings. The first-order valence-corrected chi connectivity index (χ1v) is 7.19. The van der Waals surface area contributed by atoms with Crippen molar-refractivity contribution < 1.29 is 9.21 Å². The van der Waals surface area contributed by atoms with Crippen molar-refractivity contribution in [3.8, 4) is 6.07 Å². The van der Waals surface area contributed by atoms with Crippen LogP contribution >= 0.6 is 11.8 Å². The SMILES string of the molecule is C[C@H](SCc1ccco1)C(=O)Nc1ccccc1C#N. The molecule has 0 fully saturated rings. The van der Waals surface area contributed by atoms with Crippen molar-refractivity contribution in [3.63, 3.8) is 0 Å². The molecule has 102 valence electrons. The summed E-state index contributed by atoms with van der Waals surface area (Å²) in [6, 6.07) is 12.7. The summed E-state index contributed by atoms with van der Waals surface area (Å²) in [6.07, 6.45) is 1.61. The molecule has 2 aromatic rings. The number of nitriles is 1. The molecule has 0 saturated carbocycles. The van der Waals surface area contributed by atoms with Crippen LogP contribution in [0.15, 0.2) is 47.1 Å². The number of rotatable bonds is 5. The van der Waals surface area contributed by atoms with Gasteiger partial charge >= 0.3 is 0 Å². The van der Waals surface area contributed by atoms with Gasteiger partial charge in [-0.2, -0.15) is 5.26 Å². The van der Waals surface area contributed by atoms with Crippen molar-refractivity contribution in [1.82, 2.24) is 0 Å². The summed E-state index contributed by atoms with van der Waals surface area (Å²) in [4.78, 5) is 12.1. The lowest BCUT2D eigenvalue weighted by Crippen LogP contribution is -2.23. The summed E-state index contributed by atoms with van der Waals surface area (Å²) in [7, 11) is 0. The van der Waals surface area contributed by atoms with Crippen LogP contribution in [0.3, 0.4) is 0 Å². The molecule has 0 unspecified atom stereocenters. The van der Waals surface area contributed by atoms with Gasteiger partial charge in [-0.15, -0.1) is 11.8 Å². The van der Waals surface area contributed by atoms with Crippen LogP contribution in [0.2, 0.25) is 0 Å². The Labute approximate surface area is 121 Å². The Bertz CT molecular complexity index is 617. The quantitative estimate of drug-likeness (QED) is 0.914. The molecule has 0 radical (unpaired) electrons. The van der Waals surface area contributed by atoms with Crippen LogP contribution in [-0.4, -0.2) is 11.2 Å². The van der Waals surface area contributed by atoms with Gasteiger partial charge in [0.1, 0.15) is 11.8 Å². The van der Waals surface area contributed by atoms with E-state index in [0.29, 0.717) is 17.0 Å². The number of carbonyl (C=O) groups is 1. The van der Waals surface area contributed by atoms with E-state index in [2.05, 4.69) is 11.4 Å². The van der Waals surface area contributed by atoms with Gasteiger partial charge in [0.15, 0.2) is 0 Å². The highest BCUT2D eigenvalue weighted by atomic mass is 32.2. The first kappa shape index (κ1) is 14.2. The van der Waals surface area contributed by atoms with Gasteiger partial charge in [0.25, 0.3) is 0 Å². The van der Waals surface area contributed by atoms with Crippen LogP contribution in [-0.2, 0) is 10.5 Å². The molecule has 1 amide bonds. The zero-order chi connectivity index (χ0) is 14.4. The average molecular weight is 286 g/mol. The van der Waals surface area contributed by atoms with Crippen LogP contribution in [0, 0.1) is 11.3 Å². The van der Waals surface area contributed by atoms with Crippen molar-refractivity contribution >= 4 is 23.4 Å². The molecular formula is C15H14N2O2S. The number of carbonyl (C=O) groups excluding carboxylic acids is 1. The second-order valence-corrected chi connectivity index (χ2v) is 5.51. The Morgan fingerprint density at radius 2 is 2.20 bits per heavy atom. The summed E-state index contributed by atoms with van der Waals surface area (Å²) in [5.74, 6) is 1.36. The summed E-state index contributed by atoms with van der Waals surface area (Å²) < 4.78 is 5.22. The number of thioether (sulfide) groups is 1. The second-order valence-electron chi connectivity index (χ2n) is 4.18. The standard InChI is InChI=1S/C15H14N2O2S/c1-11(20-10-13-6-4-8-19-13)15(18)17-14-7-3-2-5-12(14)9-16/h2-8,11H,10H2,1H3,(H,17,18)/t11-/m0/s1. The van der Waals surface area contributed by atoms with Gasteiger partial charge < -0.3 is 9.73 Å². The Hall–Kier alpha value is -2.19. The number of amides is 1. The molecule has 0 saturated heterocycles. The van der Waals surface area contributed by atoms with E-state index in [1.807, 2.05) is 19.1 Å². The first-order valence-electron chi connectivity index (χ1n) is 6.14. The van der Waals surface area contributed by atoms with E-state index in [1.165, 1.54) is 11.8 Å². The van der Waals surface area contributed by atoms with E-state index < -0.39 is 0 Å². The Morgan fingerprint density at radius 1 is 1.40 bits per heavy atom. The molecule has 1 N–H and O–H groups in total. The third-order valence-electron chi connectivity index (χ3n) is 2.73. The molecule has 0 spiro atoms.